The fraction of sp³-hybridized carbons (Fsp3) is 1.00. The zero-order valence-corrected chi connectivity index (χ0v) is 17.4. The van der Waals surface area contributed by atoms with Crippen molar-refractivity contribution in [3.63, 3.8) is 0 Å². The second-order valence-electron chi connectivity index (χ2n) is 6.07. The number of rotatable bonds is 13. The van der Waals surface area contributed by atoms with Crippen molar-refractivity contribution in [3.8, 4) is 0 Å². The molecule has 0 bridgehead atoms. The van der Waals surface area contributed by atoms with Crippen LogP contribution in [0.4, 0.5) is 61.5 Å². The summed E-state index contributed by atoms with van der Waals surface area (Å²) in [5.74, 6) is -41.6. The maximum absolute atomic E-state index is 14.5. The lowest BCUT2D eigenvalue weighted by Gasteiger charge is -2.40. The van der Waals surface area contributed by atoms with E-state index in [2.05, 4.69) is 0 Å². The lowest BCUT2D eigenvalue weighted by atomic mass is 9.93. The van der Waals surface area contributed by atoms with Crippen LogP contribution in [0, 0.1) is 0 Å². The summed E-state index contributed by atoms with van der Waals surface area (Å²) >= 11 is 0. The molecule has 0 amide bonds. The zero-order chi connectivity index (χ0) is 26.0. The van der Waals surface area contributed by atoms with Crippen LogP contribution < -0.4 is 0 Å². The Bertz CT molecular complexity index is 593. The highest BCUT2D eigenvalue weighted by Crippen LogP contribution is 2.61. The van der Waals surface area contributed by atoms with Crippen molar-refractivity contribution in [2.75, 3.05) is 19.8 Å². The second-order valence-corrected chi connectivity index (χ2v) is 8.77. The van der Waals surface area contributed by atoms with Gasteiger partial charge in [-0.2, -0.15) is 57.1 Å². The average Bonchev–Trinajstić information content (AvgIpc) is 2.60. The molecule has 0 aliphatic heterocycles. The fourth-order valence-electron chi connectivity index (χ4n) is 2.28. The second kappa shape index (κ2) is 9.77. The fourth-order valence-corrected chi connectivity index (χ4v) is 4.79. The van der Waals surface area contributed by atoms with E-state index in [-0.39, 0.29) is 0 Å². The summed E-state index contributed by atoms with van der Waals surface area (Å²) in [6, 6.07) is 0. The van der Waals surface area contributed by atoms with Crippen molar-refractivity contribution in [3.05, 3.63) is 0 Å². The highest BCUT2D eigenvalue weighted by molar-refractivity contribution is 6.62. The molecule has 32 heavy (non-hydrogen) atoms. The predicted molar refractivity (Wildman–Crippen MR) is 80.9 cm³/mol. The van der Waals surface area contributed by atoms with Gasteiger partial charge in [0.15, 0.2) is 5.79 Å². The molecular formula is C14H18F14O3Si. The molecule has 0 spiro atoms. The maximum atomic E-state index is 14.5. The normalized spacial score (nSPS) is 16.4. The molecule has 1 unspecified atom stereocenters. The molecule has 0 N–H and O–H groups in total. The van der Waals surface area contributed by atoms with Gasteiger partial charge in [-0.15, -0.1) is 0 Å². The lowest BCUT2D eigenvalue weighted by molar-refractivity contribution is -0.440. The van der Waals surface area contributed by atoms with E-state index < -0.39 is 76.6 Å². The lowest BCUT2D eigenvalue weighted by Crippen LogP contribution is -2.70. The maximum Gasteiger partial charge on any atom is 0.537 e. The largest absolute Gasteiger partial charge is 0.537 e. The molecule has 0 saturated carbocycles. The summed E-state index contributed by atoms with van der Waals surface area (Å²) in [5.41, 5.74) is 0. The Labute approximate surface area is 173 Å². The van der Waals surface area contributed by atoms with Crippen LogP contribution >= 0.6 is 0 Å². The molecular weight excluding hydrogens is 510 g/mol. The molecule has 194 valence electrons. The minimum Gasteiger partial charge on any atom is -0.372 e. The highest BCUT2D eigenvalue weighted by atomic mass is 28.4. The van der Waals surface area contributed by atoms with Crippen LogP contribution in [0.15, 0.2) is 0 Å². The summed E-state index contributed by atoms with van der Waals surface area (Å²) in [4.78, 5) is 0. The zero-order valence-electron chi connectivity index (χ0n) is 16.4. The summed E-state index contributed by atoms with van der Waals surface area (Å²) in [6.45, 7) is 1.77. The van der Waals surface area contributed by atoms with Crippen molar-refractivity contribution in [1.82, 2.24) is 0 Å². The van der Waals surface area contributed by atoms with Gasteiger partial charge in [-0.25, -0.2) is 4.39 Å². The molecule has 1 atom stereocenters. The first-order chi connectivity index (χ1) is 14.1. The van der Waals surface area contributed by atoms with Crippen molar-refractivity contribution < 1.29 is 74.7 Å². The molecule has 0 aromatic heterocycles. The number of halogens is 14. The Kier molecular flexibility index (Phi) is 9.50. The van der Waals surface area contributed by atoms with Gasteiger partial charge in [0.25, 0.3) is 0 Å². The van der Waals surface area contributed by atoms with Crippen LogP contribution in [0.3, 0.4) is 0 Å². The monoisotopic (exact) mass is 528 g/mol. The molecule has 0 rings (SSSR count). The van der Waals surface area contributed by atoms with Gasteiger partial charge in [0, 0.05) is 19.8 Å². The first-order valence-corrected chi connectivity index (χ1v) is 10.4. The third-order valence-electron chi connectivity index (χ3n) is 3.85. The van der Waals surface area contributed by atoms with E-state index >= 15 is 0 Å². The predicted octanol–water partition coefficient (Wildman–Crippen LogP) is 6.04. The number of hydrogen-bond donors (Lipinski definition) is 0. The van der Waals surface area contributed by atoms with Crippen LogP contribution in [-0.4, -0.2) is 70.2 Å². The summed E-state index contributed by atoms with van der Waals surface area (Å²) in [6.07, 6.45) is -10.6. The van der Waals surface area contributed by atoms with Gasteiger partial charge in [-0.05, 0) is 20.8 Å². The Hall–Kier alpha value is -0.883. The molecule has 0 aliphatic rings. The quantitative estimate of drug-likeness (QED) is 0.216. The summed E-state index contributed by atoms with van der Waals surface area (Å²) in [7, 11) is -5.00. The topological polar surface area (TPSA) is 27.7 Å². The van der Waals surface area contributed by atoms with Crippen LogP contribution in [0.1, 0.15) is 27.2 Å². The standard InChI is InChI=1S/C14H18F14O3Si/c1-4-29-32(30-5-2,31-6-3)8(15)7-9(16,17)10(18,19)11(20,21)12(22,23)13(24,25)14(26,27)28/h8H,4-7H2,1-3H3. The van der Waals surface area contributed by atoms with Crippen molar-refractivity contribution in [2.24, 2.45) is 0 Å². The SMILES string of the molecule is CCO[Si](OCC)(OCC)C(F)CC(F)(F)C(F)(F)C(F)(F)C(F)(F)C(F)(F)C(F)(F)F. The van der Waals surface area contributed by atoms with Crippen molar-refractivity contribution in [2.45, 2.75) is 68.8 Å². The molecule has 18 heteroatoms. The number of alkyl halides is 14. The Morgan fingerprint density at radius 3 is 1.16 bits per heavy atom. The van der Waals surface area contributed by atoms with E-state index in [1.807, 2.05) is 0 Å². The molecule has 0 aromatic rings. The third-order valence-corrected chi connectivity index (χ3v) is 6.90. The van der Waals surface area contributed by atoms with Crippen LogP contribution in [0.5, 0.6) is 0 Å². The Morgan fingerprint density at radius 1 is 0.562 bits per heavy atom. The Balaban J connectivity index is 6.33. The van der Waals surface area contributed by atoms with Crippen LogP contribution in [0.25, 0.3) is 0 Å². The molecule has 3 nitrogen and oxygen atoms in total. The average molecular weight is 528 g/mol. The molecule has 0 aromatic carbocycles. The van der Waals surface area contributed by atoms with Gasteiger partial charge in [0.05, 0.1) is 6.42 Å². The number of hydrogen-bond acceptors (Lipinski definition) is 3. The third kappa shape index (κ3) is 5.11. The minimum atomic E-state index is -8.05. The Morgan fingerprint density at radius 2 is 0.875 bits per heavy atom. The first kappa shape index (κ1) is 31.1. The van der Waals surface area contributed by atoms with E-state index in [1.165, 1.54) is 0 Å². The van der Waals surface area contributed by atoms with Gasteiger partial charge in [-0.1, -0.05) is 0 Å². The molecule has 0 saturated heterocycles. The molecule has 0 heterocycles. The van der Waals surface area contributed by atoms with Crippen LogP contribution in [0.2, 0.25) is 0 Å². The van der Waals surface area contributed by atoms with Gasteiger partial charge < -0.3 is 13.3 Å². The van der Waals surface area contributed by atoms with Gasteiger partial charge in [0.2, 0.25) is 0 Å². The van der Waals surface area contributed by atoms with E-state index in [4.69, 9.17) is 13.3 Å². The summed E-state index contributed by atoms with van der Waals surface area (Å²) in [5, 5.41) is 0. The molecule has 0 aliphatic carbocycles. The van der Waals surface area contributed by atoms with Crippen LogP contribution in [-0.2, 0) is 13.3 Å². The minimum absolute atomic E-state index is 0.541. The van der Waals surface area contributed by atoms with E-state index in [9.17, 15) is 61.5 Å². The summed E-state index contributed by atoms with van der Waals surface area (Å²) < 4.78 is 199. The van der Waals surface area contributed by atoms with E-state index in [0.717, 1.165) is 20.8 Å². The molecule has 0 fully saturated rings. The first-order valence-electron chi connectivity index (χ1n) is 8.58. The van der Waals surface area contributed by atoms with Crippen molar-refractivity contribution in [1.29, 1.82) is 0 Å². The van der Waals surface area contributed by atoms with E-state index in [0.29, 0.717) is 0 Å². The van der Waals surface area contributed by atoms with Gasteiger partial charge >= 0.3 is 44.6 Å². The smallest absolute Gasteiger partial charge is 0.372 e. The van der Waals surface area contributed by atoms with Crippen molar-refractivity contribution >= 4 is 8.80 Å². The van der Waals surface area contributed by atoms with Gasteiger partial charge in [-0.3, -0.25) is 0 Å². The molecule has 0 radical (unpaired) electrons. The highest BCUT2D eigenvalue weighted by Gasteiger charge is 2.90. The van der Waals surface area contributed by atoms with E-state index in [1.54, 1.807) is 0 Å². The van der Waals surface area contributed by atoms with Gasteiger partial charge in [0.1, 0.15) is 0 Å².